The second kappa shape index (κ2) is 6.87. The Morgan fingerprint density at radius 1 is 1.41 bits per heavy atom. The maximum atomic E-state index is 12.3. The first-order chi connectivity index (χ1) is 10.7. The summed E-state index contributed by atoms with van der Waals surface area (Å²) < 4.78 is 6.89. The van der Waals surface area contributed by atoms with Gasteiger partial charge in [-0.1, -0.05) is 11.6 Å². The highest BCUT2D eigenvalue weighted by molar-refractivity contribution is 6.31. The molecule has 3 rings (SSSR count). The number of quaternary nitrogens is 1. The maximum Gasteiger partial charge on any atom is 0.279 e. The molecule has 0 atom stereocenters. The summed E-state index contributed by atoms with van der Waals surface area (Å²) in [6.07, 6.45) is 3.02. The number of halogens is 1. The van der Waals surface area contributed by atoms with E-state index in [4.69, 9.17) is 16.3 Å². The molecule has 2 heterocycles. The standard InChI is InChI=1S/C14H16ClN5O2/c15-11-1-2-13(20-10-16-9-17-20)12(7-11)18-14(21)8-19-3-5-22-6-4-19/h1-2,7,9-10H,3-6,8H2,(H,18,21)/p+1. The van der Waals surface area contributed by atoms with E-state index in [-0.39, 0.29) is 5.91 Å². The first-order valence-corrected chi connectivity index (χ1v) is 7.46. The van der Waals surface area contributed by atoms with Crippen LogP contribution in [-0.2, 0) is 9.53 Å². The van der Waals surface area contributed by atoms with Crippen LogP contribution in [0.1, 0.15) is 0 Å². The van der Waals surface area contributed by atoms with Crippen molar-refractivity contribution in [1.82, 2.24) is 14.8 Å². The van der Waals surface area contributed by atoms with Gasteiger partial charge in [-0.25, -0.2) is 9.67 Å². The van der Waals surface area contributed by atoms with Crippen LogP contribution in [0.4, 0.5) is 5.69 Å². The third-order valence-electron chi connectivity index (χ3n) is 3.51. The van der Waals surface area contributed by atoms with E-state index in [9.17, 15) is 4.79 Å². The molecule has 0 bridgehead atoms. The van der Waals surface area contributed by atoms with Crippen molar-refractivity contribution in [2.45, 2.75) is 0 Å². The van der Waals surface area contributed by atoms with Crippen molar-refractivity contribution >= 4 is 23.2 Å². The largest absolute Gasteiger partial charge is 0.370 e. The van der Waals surface area contributed by atoms with E-state index < -0.39 is 0 Å². The Morgan fingerprint density at radius 2 is 2.23 bits per heavy atom. The average molecular weight is 323 g/mol. The van der Waals surface area contributed by atoms with Gasteiger partial charge in [0.05, 0.1) is 24.6 Å². The maximum absolute atomic E-state index is 12.3. The number of aromatic nitrogens is 3. The van der Waals surface area contributed by atoms with Gasteiger partial charge in [-0.05, 0) is 18.2 Å². The van der Waals surface area contributed by atoms with Gasteiger partial charge in [-0.2, -0.15) is 5.10 Å². The number of carbonyl (C=O) groups is 1. The number of carbonyl (C=O) groups excluding carboxylic acids is 1. The molecule has 1 aliphatic rings. The summed E-state index contributed by atoms with van der Waals surface area (Å²) in [7, 11) is 0. The van der Waals surface area contributed by atoms with Crippen LogP contribution in [0.5, 0.6) is 0 Å². The lowest BCUT2D eigenvalue weighted by Gasteiger charge is -2.23. The van der Waals surface area contributed by atoms with Gasteiger partial charge in [-0.15, -0.1) is 0 Å². The average Bonchev–Trinajstić information content (AvgIpc) is 3.02. The van der Waals surface area contributed by atoms with Gasteiger partial charge < -0.3 is 15.0 Å². The molecule has 0 radical (unpaired) electrons. The molecule has 22 heavy (non-hydrogen) atoms. The minimum atomic E-state index is -0.0551. The van der Waals surface area contributed by atoms with E-state index in [2.05, 4.69) is 15.4 Å². The van der Waals surface area contributed by atoms with Gasteiger partial charge in [0, 0.05) is 5.02 Å². The van der Waals surface area contributed by atoms with E-state index in [1.807, 2.05) is 0 Å². The second-order valence-electron chi connectivity index (χ2n) is 5.09. The molecule has 0 spiro atoms. The highest BCUT2D eigenvalue weighted by Gasteiger charge is 2.18. The molecule has 2 aromatic rings. The monoisotopic (exact) mass is 322 g/mol. The molecule has 1 aliphatic heterocycles. The Kier molecular flexibility index (Phi) is 4.67. The number of benzene rings is 1. The Morgan fingerprint density at radius 3 is 2.95 bits per heavy atom. The van der Waals surface area contributed by atoms with Gasteiger partial charge in [0.1, 0.15) is 25.7 Å². The zero-order valence-electron chi connectivity index (χ0n) is 12.0. The number of amides is 1. The Balaban J connectivity index is 1.73. The van der Waals surface area contributed by atoms with E-state index in [0.717, 1.165) is 18.8 Å². The smallest absolute Gasteiger partial charge is 0.279 e. The first kappa shape index (κ1) is 15.0. The minimum Gasteiger partial charge on any atom is -0.370 e. The normalized spacial score (nSPS) is 15.7. The zero-order chi connectivity index (χ0) is 15.4. The lowest BCUT2D eigenvalue weighted by Crippen LogP contribution is -3.15. The van der Waals surface area contributed by atoms with Gasteiger partial charge in [0.15, 0.2) is 6.54 Å². The predicted molar refractivity (Wildman–Crippen MR) is 81.4 cm³/mol. The summed E-state index contributed by atoms with van der Waals surface area (Å²) in [5.74, 6) is -0.0551. The number of nitrogens with one attached hydrogen (secondary N) is 2. The van der Waals surface area contributed by atoms with E-state index in [0.29, 0.717) is 30.5 Å². The van der Waals surface area contributed by atoms with Crippen LogP contribution in [0, 0.1) is 0 Å². The highest BCUT2D eigenvalue weighted by Crippen LogP contribution is 2.23. The molecule has 8 heteroatoms. The van der Waals surface area contributed by atoms with E-state index in [1.54, 1.807) is 29.2 Å². The zero-order valence-corrected chi connectivity index (χ0v) is 12.7. The van der Waals surface area contributed by atoms with Crippen LogP contribution < -0.4 is 10.2 Å². The highest BCUT2D eigenvalue weighted by atomic mass is 35.5. The summed E-state index contributed by atoms with van der Waals surface area (Å²) in [6, 6.07) is 5.26. The van der Waals surface area contributed by atoms with Crippen molar-refractivity contribution in [3.63, 3.8) is 0 Å². The third kappa shape index (κ3) is 3.62. The quantitative estimate of drug-likeness (QED) is 0.816. The van der Waals surface area contributed by atoms with Gasteiger partial charge in [-0.3, -0.25) is 4.79 Å². The van der Waals surface area contributed by atoms with Crippen LogP contribution in [0.2, 0.25) is 5.02 Å². The second-order valence-corrected chi connectivity index (χ2v) is 5.53. The molecule has 0 unspecified atom stereocenters. The molecule has 1 amide bonds. The van der Waals surface area contributed by atoms with Crippen LogP contribution >= 0.6 is 11.6 Å². The fourth-order valence-electron chi connectivity index (χ4n) is 2.40. The predicted octanol–water partition coefficient (Wildman–Crippen LogP) is -0.226. The van der Waals surface area contributed by atoms with E-state index in [1.165, 1.54) is 11.2 Å². The number of anilines is 1. The van der Waals surface area contributed by atoms with Crippen LogP contribution in [0.15, 0.2) is 30.9 Å². The molecule has 1 fully saturated rings. The fourth-order valence-corrected chi connectivity index (χ4v) is 2.57. The fraction of sp³-hybridized carbons (Fsp3) is 0.357. The summed E-state index contributed by atoms with van der Waals surface area (Å²) >= 11 is 6.04. The SMILES string of the molecule is O=C(C[NH+]1CCOCC1)Nc1cc(Cl)ccc1-n1cncn1. The summed E-state index contributed by atoms with van der Waals surface area (Å²) in [6.45, 7) is 3.50. The van der Waals surface area contributed by atoms with Gasteiger partial charge >= 0.3 is 0 Å². The van der Waals surface area contributed by atoms with Crippen molar-refractivity contribution in [1.29, 1.82) is 0 Å². The Labute approximate surface area is 132 Å². The molecule has 7 nitrogen and oxygen atoms in total. The summed E-state index contributed by atoms with van der Waals surface area (Å²) in [5, 5.41) is 7.56. The molecule has 116 valence electrons. The van der Waals surface area contributed by atoms with Crippen molar-refractivity contribution in [3.8, 4) is 5.69 Å². The molecule has 0 aliphatic carbocycles. The molecule has 1 saturated heterocycles. The van der Waals surface area contributed by atoms with Crippen molar-refractivity contribution in [2.75, 3.05) is 38.2 Å². The van der Waals surface area contributed by atoms with Crippen molar-refractivity contribution in [2.24, 2.45) is 0 Å². The molecular weight excluding hydrogens is 306 g/mol. The van der Waals surface area contributed by atoms with Crippen LogP contribution in [0.25, 0.3) is 5.69 Å². The molecule has 1 aromatic heterocycles. The van der Waals surface area contributed by atoms with E-state index >= 15 is 0 Å². The summed E-state index contributed by atoms with van der Waals surface area (Å²) in [4.78, 5) is 17.4. The van der Waals surface area contributed by atoms with Gasteiger partial charge in [0.25, 0.3) is 5.91 Å². The van der Waals surface area contributed by atoms with Crippen LogP contribution in [-0.4, -0.2) is 53.5 Å². The van der Waals surface area contributed by atoms with Gasteiger partial charge in [0.2, 0.25) is 0 Å². The molecular formula is C14H17ClN5O2+. The Bertz CT molecular complexity index is 641. The minimum absolute atomic E-state index is 0.0551. The van der Waals surface area contributed by atoms with Crippen molar-refractivity contribution in [3.05, 3.63) is 35.9 Å². The number of nitrogens with zero attached hydrogens (tertiary/aromatic N) is 3. The lowest BCUT2D eigenvalue weighted by atomic mass is 10.2. The number of morpholine rings is 1. The number of rotatable bonds is 4. The number of hydrogen-bond acceptors (Lipinski definition) is 4. The third-order valence-corrected chi connectivity index (χ3v) is 3.74. The summed E-state index contributed by atoms with van der Waals surface area (Å²) in [5.41, 5.74) is 1.35. The molecule has 2 N–H and O–H groups in total. The number of hydrogen-bond donors (Lipinski definition) is 2. The molecule has 0 saturated carbocycles. The lowest BCUT2D eigenvalue weighted by molar-refractivity contribution is -0.899. The van der Waals surface area contributed by atoms with Crippen LogP contribution in [0.3, 0.4) is 0 Å². The topological polar surface area (TPSA) is 73.5 Å². The van der Waals surface area contributed by atoms with Crippen molar-refractivity contribution < 1.29 is 14.4 Å². The Hall–Kier alpha value is -1.96. The number of ether oxygens (including phenoxy) is 1. The molecule has 1 aromatic carbocycles. The first-order valence-electron chi connectivity index (χ1n) is 7.08.